The summed E-state index contributed by atoms with van der Waals surface area (Å²) in [4.78, 5) is 4.57. The molecule has 0 unspecified atom stereocenters. The molecule has 0 fully saturated rings. The van der Waals surface area contributed by atoms with Crippen LogP contribution in [0.3, 0.4) is 0 Å². The molecule has 1 aromatic heterocycles. The molecule has 0 amide bonds. The topological polar surface area (TPSA) is 22.1 Å². The number of alkyl halides is 1. The number of rotatable bonds is 9. The summed E-state index contributed by atoms with van der Waals surface area (Å²) >= 11 is 3.70. The molecule has 0 spiro atoms. The predicted octanol–water partition coefficient (Wildman–Crippen LogP) is 5.31. The Labute approximate surface area is 132 Å². The van der Waals surface area contributed by atoms with Crippen LogP contribution in [0.15, 0.2) is 12.1 Å². The molecule has 1 aromatic rings. The van der Waals surface area contributed by atoms with Crippen LogP contribution < -0.4 is 4.74 Å². The van der Waals surface area contributed by atoms with Gasteiger partial charge in [0, 0.05) is 16.4 Å². The maximum absolute atomic E-state index is 6.15. The fourth-order valence-corrected chi connectivity index (χ4v) is 3.44. The largest absolute Gasteiger partial charge is 0.491 e. The van der Waals surface area contributed by atoms with E-state index >= 15 is 0 Å². The molecule has 0 aliphatic rings. The van der Waals surface area contributed by atoms with E-state index < -0.39 is 0 Å². The molecule has 0 atom stereocenters. The fourth-order valence-electron chi connectivity index (χ4n) is 2.72. The highest BCUT2D eigenvalue weighted by Gasteiger charge is 2.28. The summed E-state index contributed by atoms with van der Waals surface area (Å²) in [5, 5.41) is 1.00. The van der Waals surface area contributed by atoms with Gasteiger partial charge in [0.25, 0.3) is 0 Å². The van der Waals surface area contributed by atoms with Crippen molar-refractivity contribution in [3.63, 3.8) is 0 Å². The van der Waals surface area contributed by atoms with Gasteiger partial charge in [-0.05, 0) is 38.3 Å². The Morgan fingerprint density at radius 1 is 1.15 bits per heavy atom. The van der Waals surface area contributed by atoms with Gasteiger partial charge < -0.3 is 4.74 Å². The first-order valence-electron chi connectivity index (χ1n) is 7.76. The minimum Gasteiger partial charge on any atom is -0.491 e. The number of pyridine rings is 1. The molecular formula is C17H28BrNO. The van der Waals surface area contributed by atoms with E-state index in [9.17, 15) is 0 Å². The number of aryl methyl sites for hydroxylation is 2. The van der Waals surface area contributed by atoms with Gasteiger partial charge in [0.15, 0.2) is 0 Å². The summed E-state index contributed by atoms with van der Waals surface area (Å²) in [6.07, 6.45) is 5.71. The van der Waals surface area contributed by atoms with E-state index in [-0.39, 0.29) is 5.41 Å². The lowest BCUT2D eigenvalue weighted by Crippen LogP contribution is -2.30. The SMILES string of the molecule is CCCC(CBr)(CCC)COc1ccc(C)nc1CC. The van der Waals surface area contributed by atoms with Crippen molar-refractivity contribution in [3.05, 3.63) is 23.5 Å². The van der Waals surface area contributed by atoms with E-state index in [0.29, 0.717) is 0 Å². The third-order valence-electron chi connectivity index (χ3n) is 3.78. The van der Waals surface area contributed by atoms with Crippen LogP contribution in [0.25, 0.3) is 0 Å². The quantitative estimate of drug-likeness (QED) is 0.567. The molecule has 0 N–H and O–H groups in total. The Bertz CT molecular complexity index is 400. The van der Waals surface area contributed by atoms with Gasteiger partial charge in [0.1, 0.15) is 5.75 Å². The highest BCUT2D eigenvalue weighted by Crippen LogP contribution is 2.33. The molecule has 20 heavy (non-hydrogen) atoms. The summed E-state index contributed by atoms with van der Waals surface area (Å²) in [6, 6.07) is 4.10. The van der Waals surface area contributed by atoms with Gasteiger partial charge in [0.05, 0.1) is 12.3 Å². The first kappa shape index (κ1) is 17.5. The van der Waals surface area contributed by atoms with Crippen molar-refractivity contribution in [1.82, 2.24) is 4.98 Å². The van der Waals surface area contributed by atoms with E-state index in [1.165, 1.54) is 25.7 Å². The lowest BCUT2D eigenvalue weighted by Gasteiger charge is -2.31. The first-order chi connectivity index (χ1) is 9.60. The van der Waals surface area contributed by atoms with Crippen LogP contribution in [0.5, 0.6) is 5.75 Å². The first-order valence-corrected chi connectivity index (χ1v) is 8.88. The van der Waals surface area contributed by atoms with E-state index in [0.717, 1.165) is 35.5 Å². The van der Waals surface area contributed by atoms with Crippen LogP contribution in [-0.4, -0.2) is 16.9 Å². The molecule has 2 nitrogen and oxygen atoms in total. The minimum atomic E-state index is 0.249. The summed E-state index contributed by atoms with van der Waals surface area (Å²) in [6.45, 7) is 9.43. The Balaban J connectivity index is 2.81. The van der Waals surface area contributed by atoms with Gasteiger partial charge in [0.2, 0.25) is 0 Å². The van der Waals surface area contributed by atoms with Crippen molar-refractivity contribution >= 4 is 15.9 Å². The molecule has 114 valence electrons. The van der Waals surface area contributed by atoms with Gasteiger partial charge in [-0.2, -0.15) is 0 Å². The van der Waals surface area contributed by atoms with E-state index in [1.54, 1.807) is 0 Å². The molecule has 0 radical (unpaired) electrons. The van der Waals surface area contributed by atoms with Crippen molar-refractivity contribution in [2.75, 3.05) is 11.9 Å². The highest BCUT2D eigenvalue weighted by molar-refractivity contribution is 9.09. The maximum atomic E-state index is 6.15. The van der Waals surface area contributed by atoms with Crippen molar-refractivity contribution in [2.45, 2.75) is 59.8 Å². The molecule has 1 rings (SSSR count). The second-order valence-corrected chi connectivity index (χ2v) is 6.23. The molecular weight excluding hydrogens is 314 g/mol. The number of aromatic nitrogens is 1. The number of hydrogen-bond donors (Lipinski definition) is 0. The average molecular weight is 342 g/mol. The van der Waals surface area contributed by atoms with Gasteiger partial charge in [-0.15, -0.1) is 0 Å². The molecule has 1 heterocycles. The standard InChI is InChI=1S/C17H28BrNO/c1-5-10-17(12-18,11-6-2)13-20-16-9-8-14(4)19-15(16)7-3/h8-9H,5-7,10-13H2,1-4H3. The van der Waals surface area contributed by atoms with Gasteiger partial charge in [-0.1, -0.05) is 49.5 Å². The number of hydrogen-bond acceptors (Lipinski definition) is 2. The zero-order chi connectivity index (χ0) is 15.0. The third kappa shape index (κ3) is 4.76. The van der Waals surface area contributed by atoms with Crippen molar-refractivity contribution < 1.29 is 4.74 Å². The molecule has 0 saturated heterocycles. The molecule has 0 bridgehead atoms. The third-order valence-corrected chi connectivity index (χ3v) is 4.97. The summed E-state index contributed by atoms with van der Waals surface area (Å²) in [7, 11) is 0. The second kappa shape index (κ2) is 8.66. The van der Waals surface area contributed by atoms with Crippen LogP contribution in [0.4, 0.5) is 0 Å². The van der Waals surface area contributed by atoms with Crippen molar-refractivity contribution in [2.24, 2.45) is 5.41 Å². The van der Waals surface area contributed by atoms with Crippen LogP contribution in [0.1, 0.15) is 57.8 Å². The lowest BCUT2D eigenvalue weighted by atomic mass is 9.82. The van der Waals surface area contributed by atoms with Gasteiger partial charge >= 0.3 is 0 Å². The summed E-state index contributed by atoms with van der Waals surface area (Å²) in [5.74, 6) is 0.954. The Hall–Kier alpha value is -0.570. The second-order valence-electron chi connectivity index (χ2n) is 5.67. The summed E-state index contributed by atoms with van der Waals surface area (Å²) < 4.78 is 6.15. The average Bonchev–Trinajstić information content (AvgIpc) is 2.46. The van der Waals surface area contributed by atoms with E-state index in [2.05, 4.69) is 47.8 Å². The van der Waals surface area contributed by atoms with Gasteiger partial charge in [-0.3, -0.25) is 4.98 Å². The lowest BCUT2D eigenvalue weighted by molar-refractivity contribution is 0.143. The van der Waals surface area contributed by atoms with Crippen LogP contribution >= 0.6 is 15.9 Å². The van der Waals surface area contributed by atoms with Crippen LogP contribution in [0, 0.1) is 12.3 Å². The Kier molecular flexibility index (Phi) is 7.57. The minimum absolute atomic E-state index is 0.249. The zero-order valence-electron chi connectivity index (χ0n) is 13.3. The predicted molar refractivity (Wildman–Crippen MR) is 89.9 cm³/mol. The molecule has 0 saturated carbocycles. The van der Waals surface area contributed by atoms with E-state index in [4.69, 9.17) is 4.74 Å². The van der Waals surface area contributed by atoms with Crippen molar-refractivity contribution in [1.29, 1.82) is 0 Å². The number of ether oxygens (including phenoxy) is 1. The Morgan fingerprint density at radius 3 is 2.30 bits per heavy atom. The number of nitrogens with zero attached hydrogens (tertiary/aromatic N) is 1. The van der Waals surface area contributed by atoms with Crippen LogP contribution in [0.2, 0.25) is 0 Å². The van der Waals surface area contributed by atoms with E-state index in [1.807, 2.05) is 13.0 Å². The normalized spacial score (nSPS) is 11.7. The van der Waals surface area contributed by atoms with Gasteiger partial charge in [-0.25, -0.2) is 0 Å². The number of halogens is 1. The summed E-state index contributed by atoms with van der Waals surface area (Å²) in [5.41, 5.74) is 2.38. The molecule has 0 aliphatic carbocycles. The molecule has 0 aromatic carbocycles. The monoisotopic (exact) mass is 341 g/mol. The molecule has 0 aliphatic heterocycles. The van der Waals surface area contributed by atoms with Crippen molar-refractivity contribution in [3.8, 4) is 5.75 Å². The smallest absolute Gasteiger partial charge is 0.140 e. The highest BCUT2D eigenvalue weighted by atomic mass is 79.9. The molecule has 3 heteroatoms. The maximum Gasteiger partial charge on any atom is 0.140 e. The van der Waals surface area contributed by atoms with Crippen LogP contribution in [-0.2, 0) is 6.42 Å². The Morgan fingerprint density at radius 2 is 1.80 bits per heavy atom. The fraction of sp³-hybridized carbons (Fsp3) is 0.706. The zero-order valence-corrected chi connectivity index (χ0v) is 14.9.